The second-order valence-electron chi connectivity index (χ2n) is 8.71. The Kier molecular flexibility index (Phi) is 7.72. The summed E-state index contributed by atoms with van der Waals surface area (Å²) in [5.41, 5.74) is 4.42. The van der Waals surface area contributed by atoms with Crippen molar-refractivity contribution in [3.05, 3.63) is 64.7 Å². The van der Waals surface area contributed by atoms with Gasteiger partial charge in [-0.1, -0.05) is 48.7 Å². The molecule has 2 amide bonds. The van der Waals surface area contributed by atoms with E-state index in [1.165, 1.54) is 5.56 Å². The summed E-state index contributed by atoms with van der Waals surface area (Å²) < 4.78 is 5.79. The topological polar surface area (TPSA) is 58.6 Å². The van der Waals surface area contributed by atoms with E-state index in [1.807, 2.05) is 63.2 Å². The fourth-order valence-corrected chi connectivity index (χ4v) is 4.01. The van der Waals surface area contributed by atoms with Crippen molar-refractivity contribution in [3.63, 3.8) is 0 Å². The Labute approximate surface area is 185 Å². The van der Waals surface area contributed by atoms with Gasteiger partial charge in [-0.3, -0.25) is 9.59 Å². The highest BCUT2D eigenvalue weighted by Gasteiger charge is 2.28. The minimum atomic E-state index is -0.572. The molecular weight excluding hydrogens is 388 g/mol. The molecule has 5 nitrogen and oxygen atoms in total. The summed E-state index contributed by atoms with van der Waals surface area (Å²) in [6, 6.07) is 13.5. The number of benzene rings is 2. The largest absolute Gasteiger partial charge is 0.484 e. The van der Waals surface area contributed by atoms with E-state index in [0.29, 0.717) is 12.3 Å². The number of ether oxygens (including phenoxy) is 1. The van der Waals surface area contributed by atoms with E-state index in [0.717, 1.165) is 42.4 Å². The molecule has 0 aliphatic heterocycles. The zero-order valence-corrected chi connectivity index (χ0v) is 19.1. The SMILES string of the molecule is Cc1cccc(CN(C(=O)COc2ccc(C)c(C)c2)C(C)C(=O)NC2CCCC2)c1. The summed E-state index contributed by atoms with van der Waals surface area (Å²) in [4.78, 5) is 27.7. The fraction of sp³-hybridized carbons (Fsp3) is 0.462. The molecular formula is C26H34N2O3. The Morgan fingerprint density at radius 2 is 1.81 bits per heavy atom. The van der Waals surface area contributed by atoms with E-state index in [2.05, 4.69) is 5.32 Å². The quantitative estimate of drug-likeness (QED) is 0.683. The van der Waals surface area contributed by atoms with E-state index in [1.54, 1.807) is 11.8 Å². The second-order valence-corrected chi connectivity index (χ2v) is 8.71. The van der Waals surface area contributed by atoms with E-state index >= 15 is 0 Å². The number of nitrogens with zero attached hydrogens (tertiary/aromatic N) is 1. The van der Waals surface area contributed by atoms with Gasteiger partial charge in [0.2, 0.25) is 5.91 Å². The highest BCUT2D eigenvalue weighted by Crippen LogP contribution is 2.19. The molecule has 0 radical (unpaired) electrons. The minimum absolute atomic E-state index is 0.0981. The normalized spacial score (nSPS) is 14.8. The van der Waals surface area contributed by atoms with E-state index in [9.17, 15) is 9.59 Å². The second kappa shape index (κ2) is 10.5. The average molecular weight is 423 g/mol. The van der Waals surface area contributed by atoms with Crippen LogP contribution in [0.15, 0.2) is 42.5 Å². The molecule has 31 heavy (non-hydrogen) atoms. The van der Waals surface area contributed by atoms with Gasteiger partial charge in [0.05, 0.1) is 0 Å². The number of nitrogens with one attached hydrogen (secondary N) is 1. The molecule has 1 N–H and O–H groups in total. The van der Waals surface area contributed by atoms with Gasteiger partial charge in [0, 0.05) is 12.6 Å². The highest BCUT2D eigenvalue weighted by atomic mass is 16.5. The molecule has 1 atom stereocenters. The van der Waals surface area contributed by atoms with Crippen molar-refractivity contribution in [1.82, 2.24) is 10.2 Å². The molecule has 0 spiro atoms. The first-order valence-corrected chi connectivity index (χ1v) is 11.2. The lowest BCUT2D eigenvalue weighted by molar-refractivity contribution is -0.142. The van der Waals surface area contributed by atoms with E-state index in [4.69, 9.17) is 4.74 Å². The van der Waals surface area contributed by atoms with Gasteiger partial charge in [-0.15, -0.1) is 0 Å². The Bertz CT molecular complexity index is 919. The summed E-state index contributed by atoms with van der Waals surface area (Å²) in [5.74, 6) is 0.364. The maximum Gasteiger partial charge on any atom is 0.261 e. The molecule has 2 aromatic carbocycles. The molecule has 5 heteroatoms. The van der Waals surface area contributed by atoms with Crippen molar-refractivity contribution in [2.24, 2.45) is 0 Å². The molecule has 3 rings (SSSR count). The summed E-state index contributed by atoms with van der Waals surface area (Å²) in [6.07, 6.45) is 4.32. The lowest BCUT2D eigenvalue weighted by Gasteiger charge is -2.29. The lowest BCUT2D eigenvalue weighted by Crippen LogP contribution is -2.50. The van der Waals surface area contributed by atoms with Crippen LogP contribution in [0, 0.1) is 20.8 Å². The van der Waals surface area contributed by atoms with Gasteiger partial charge in [0.25, 0.3) is 5.91 Å². The Morgan fingerprint density at radius 1 is 1.06 bits per heavy atom. The third-order valence-corrected chi connectivity index (χ3v) is 6.14. The number of carbonyl (C=O) groups excluding carboxylic acids is 2. The molecule has 0 bridgehead atoms. The maximum atomic E-state index is 13.2. The minimum Gasteiger partial charge on any atom is -0.484 e. The molecule has 1 saturated carbocycles. The number of carbonyl (C=O) groups is 2. The lowest BCUT2D eigenvalue weighted by atomic mass is 10.1. The molecule has 1 aliphatic rings. The van der Waals surface area contributed by atoms with Crippen molar-refractivity contribution >= 4 is 11.8 Å². The van der Waals surface area contributed by atoms with Crippen molar-refractivity contribution < 1.29 is 14.3 Å². The zero-order valence-electron chi connectivity index (χ0n) is 19.1. The monoisotopic (exact) mass is 422 g/mol. The number of aryl methyl sites for hydroxylation is 3. The van der Waals surface area contributed by atoms with Crippen LogP contribution < -0.4 is 10.1 Å². The third-order valence-electron chi connectivity index (χ3n) is 6.14. The molecule has 166 valence electrons. The van der Waals surface area contributed by atoms with Crippen LogP contribution in [0.3, 0.4) is 0 Å². The smallest absolute Gasteiger partial charge is 0.261 e. The van der Waals surface area contributed by atoms with Gasteiger partial charge >= 0.3 is 0 Å². The third kappa shape index (κ3) is 6.33. The van der Waals surface area contributed by atoms with Gasteiger partial charge in [0.1, 0.15) is 11.8 Å². The van der Waals surface area contributed by atoms with Crippen LogP contribution in [-0.4, -0.2) is 35.4 Å². The summed E-state index contributed by atoms with van der Waals surface area (Å²) >= 11 is 0. The van der Waals surface area contributed by atoms with Crippen LogP contribution in [0.1, 0.15) is 54.9 Å². The zero-order chi connectivity index (χ0) is 22.4. The van der Waals surface area contributed by atoms with Crippen LogP contribution >= 0.6 is 0 Å². The van der Waals surface area contributed by atoms with Crippen molar-refractivity contribution in [2.75, 3.05) is 6.61 Å². The van der Waals surface area contributed by atoms with Gasteiger partial charge < -0.3 is 15.0 Å². The Balaban J connectivity index is 1.72. The number of amides is 2. The van der Waals surface area contributed by atoms with E-state index in [-0.39, 0.29) is 24.5 Å². The standard InChI is InChI=1S/C26H34N2O3/c1-18-8-7-9-22(14-18)16-28(21(4)26(30)27-23-10-5-6-11-23)25(29)17-31-24-13-12-19(2)20(3)15-24/h7-9,12-15,21,23H,5-6,10-11,16-17H2,1-4H3,(H,27,30). The molecule has 1 aliphatic carbocycles. The van der Waals surface area contributed by atoms with Crippen LogP contribution in [0.5, 0.6) is 5.75 Å². The van der Waals surface area contributed by atoms with Crippen LogP contribution in [0.4, 0.5) is 0 Å². The Hall–Kier alpha value is -2.82. The molecule has 0 saturated heterocycles. The fourth-order valence-electron chi connectivity index (χ4n) is 4.01. The predicted octanol–water partition coefficient (Wildman–Crippen LogP) is 4.47. The molecule has 2 aromatic rings. The summed E-state index contributed by atoms with van der Waals surface area (Å²) in [5, 5.41) is 3.12. The molecule has 1 unspecified atom stereocenters. The maximum absolute atomic E-state index is 13.2. The van der Waals surface area contributed by atoms with Gasteiger partial charge in [-0.25, -0.2) is 0 Å². The molecule has 0 aromatic heterocycles. The van der Waals surface area contributed by atoms with Crippen molar-refractivity contribution in [3.8, 4) is 5.75 Å². The number of rotatable bonds is 8. The molecule has 0 heterocycles. The molecule has 1 fully saturated rings. The van der Waals surface area contributed by atoms with Gasteiger partial charge in [0.15, 0.2) is 6.61 Å². The first-order valence-electron chi connectivity index (χ1n) is 11.2. The van der Waals surface area contributed by atoms with Crippen molar-refractivity contribution in [2.45, 2.75) is 72.0 Å². The first-order chi connectivity index (χ1) is 14.8. The van der Waals surface area contributed by atoms with Gasteiger partial charge in [-0.2, -0.15) is 0 Å². The predicted molar refractivity (Wildman–Crippen MR) is 123 cm³/mol. The van der Waals surface area contributed by atoms with E-state index < -0.39 is 6.04 Å². The van der Waals surface area contributed by atoms with Crippen LogP contribution in [0.2, 0.25) is 0 Å². The number of hydrogen-bond acceptors (Lipinski definition) is 3. The number of hydrogen-bond donors (Lipinski definition) is 1. The Morgan fingerprint density at radius 3 is 2.48 bits per heavy atom. The summed E-state index contributed by atoms with van der Waals surface area (Å²) in [7, 11) is 0. The first kappa shape index (κ1) is 22.9. The highest BCUT2D eigenvalue weighted by molar-refractivity contribution is 5.88. The summed E-state index contributed by atoms with van der Waals surface area (Å²) in [6.45, 7) is 8.15. The van der Waals surface area contributed by atoms with Crippen LogP contribution in [-0.2, 0) is 16.1 Å². The van der Waals surface area contributed by atoms with Gasteiger partial charge in [-0.05, 0) is 69.4 Å². The van der Waals surface area contributed by atoms with Crippen LogP contribution in [0.25, 0.3) is 0 Å². The average Bonchev–Trinajstić information content (AvgIpc) is 3.25. The van der Waals surface area contributed by atoms with Crippen molar-refractivity contribution in [1.29, 1.82) is 0 Å².